The Balaban J connectivity index is 1.35. The summed E-state index contributed by atoms with van der Waals surface area (Å²) in [6.07, 6.45) is -0.0867. The molecule has 164 valence electrons. The first kappa shape index (κ1) is 20.5. The highest BCUT2D eigenvalue weighted by Gasteiger charge is 2.27. The Morgan fingerprint density at radius 2 is 2.03 bits per heavy atom. The number of ether oxygens (including phenoxy) is 1. The highest BCUT2D eigenvalue weighted by molar-refractivity contribution is 7.07. The number of carbonyl (C=O) groups is 1. The lowest BCUT2D eigenvalue weighted by Gasteiger charge is -2.37. The van der Waals surface area contributed by atoms with Gasteiger partial charge in [0.2, 0.25) is 5.91 Å². The van der Waals surface area contributed by atoms with Gasteiger partial charge in [-0.3, -0.25) is 4.79 Å². The summed E-state index contributed by atoms with van der Waals surface area (Å²) in [4.78, 5) is 26.4. The summed E-state index contributed by atoms with van der Waals surface area (Å²) < 4.78 is 8.17. The normalized spacial score (nSPS) is 15.4. The second kappa shape index (κ2) is 8.63. The fourth-order valence-corrected chi connectivity index (χ4v) is 4.72. The standard InChI is InChI=1S/C24H25N5O2S/c1-3-28-13-17(31-22-11-7-6-10-21(22)28)12-27(2)23(30)14-29-20-9-5-4-8-18(20)26-24(29)19-15-32-16-25-19/h4-11,15-17H,3,12-14H2,1-2H3/t17-/m0/s1. The molecule has 0 saturated heterocycles. The number of hydrogen-bond acceptors (Lipinski definition) is 6. The van der Waals surface area contributed by atoms with Gasteiger partial charge in [0.25, 0.3) is 0 Å². The van der Waals surface area contributed by atoms with Gasteiger partial charge in [-0.2, -0.15) is 0 Å². The average molecular weight is 448 g/mol. The smallest absolute Gasteiger partial charge is 0.242 e. The van der Waals surface area contributed by atoms with Gasteiger partial charge in [0, 0.05) is 19.0 Å². The van der Waals surface area contributed by atoms with Gasteiger partial charge >= 0.3 is 0 Å². The van der Waals surface area contributed by atoms with E-state index < -0.39 is 0 Å². The molecule has 1 aliphatic heterocycles. The third-order valence-electron chi connectivity index (χ3n) is 5.82. The predicted molar refractivity (Wildman–Crippen MR) is 127 cm³/mol. The van der Waals surface area contributed by atoms with Crippen LogP contribution < -0.4 is 9.64 Å². The van der Waals surface area contributed by atoms with Gasteiger partial charge in [-0.25, -0.2) is 9.97 Å². The number of rotatable bonds is 6. The minimum absolute atomic E-state index is 0.00939. The molecule has 2 aromatic carbocycles. The molecule has 7 nitrogen and oxygen atoms in total. The maximum atomic E-state index is 13.2. The summed E-state index contributed by atoms with van der Waals surface area (Å²) in [6.45, 7) is 4.50. The number of amides is 1. The van der Waals surface area contributed by atoms with E-state index >= 15 is 0 Å². The molecule has 2 aromatic heterocycles. The van der Waals surface area contributed by atoms with E-state index in [-0.39, 0.29) is 18.6 Å². The van der Waals surface area contributed by atoms with E-state index in [0.717, 1.165) is 41.3 Å². The zero-order valence-electron chi connectivity index (χ0n) is 18.1. The molecule has 0 radical (unpaired) electrons. The lowest BCUT2D eigenvalue weighted by molar-refractivity contribution is -0.131. The molecule has 8 heteroatoms. The van der Waals surface area contributed by atoms with Crippen molar-refractivity contribution in [3.05, 3.63) is 59.4 Å². The van der Waals surface area contributed by atoms with Crippen LogP contribution in [0.2, 0.25) is 0 Å². The highest BCUT2D eigenvalue weighted by atomic mass is 32.1. The van der Waals surface area contributed by atoms with Crippen LogP contribution in [0.4, 0.5) is 5.69 Å². The van der Waals surface area contributed by atoms with E-state index in [1.54, 1.807) is 10.4 Å². The number of thiazole rings is 1. The van der Waals surface area contributed by atoms with E-state index in [2.05, 4.69) is 22.9 Å². The first-order valence-corrected chi connectivity index (χ1v) is 11.7. The predicted octanol–water partition coefficient (Wildman–Crippen LogP) is 3.91. The van der Waals surface area contributed by atoms with Crippen LogP contribution in [0.25, 0.3) is 22.6 Å². The number of imidazole rings is 1. The molecule has 32 heavy (non-hydrogen) atoms. The van der Waals surface area contributed by atoms with E-state index in [4.69, 9.17) is 9.72 Å². The lowest BCUT2D eigenvalue weighted by Crippen LogP contribution is -2.47. The number of benzene rings is 2. The zero-order valence-corrected chi connectivity index (χ0v) is 19.0. The summed E-state index contributed by atoms with van der Waals surface area (Å²) in [7, 11) is 1.84. The SMILES string of the molecule is CCN1C[C@H](CN(C)C(=O)Cn2c(-c3cscn3)nc3ccccc32)Oc2ccccc21. The van der Waals surface area contributed by atoms with Gasteiger partial charge in [-0.1, -0.05) is 24.3 Å². The van der Waals surface area contributed by atoms with Gasteiger partial charge in [-0.05, 0) is 31.2 Å². The molecule has 5 rings (SSSR count). The molecule has 3 heterocycles. The number of nitrogens with zero attached hydrogens (tertiary/aromatic N) is 5. The molecule has 0 aliphatic carbocycles. The largest absolute Gasteiger partial charge is 0.485 e. The van der Waals surface area contributed by atoms with Crippen molar-refractivity contribution in [3.8, 4) is 17.3 Å². The molecule has 1 amide bonds. The number of fused-ring (bicyclic) bond motifs is 2. The maximum Gasteiger partial charge on any atom is 0.242 e. The molecule has 0 saturated carbocycles. The van der Waals surface area contributed by atoms with Crippen molar-refractivity contribution in [2.75, 3.05) is 31.6 Å². The van der Waals surface area contributed by atoms with Crippen molar-refractivity contribution in [2.24, 2.45) is 0 Å². The summed E-state index contributed by atoms with van der Waals surface area (Å²) in [5.74, 6) is 1.60. The Labute approximate surface area is 190 Å². The number of aromatic nitrogens is 3. The molecular weight excluding hydrogens is 422 g/mol. The third-order valence-corrected chi connectivity index (χ3v) is 6.40. The first-order valence-electron chi connectivity index (χ1n) is 10.7. The Morgan fingerprint density at radius 1 is 1.22 bits per heavy atom. The van der Waals surface area contributed by atoms with Gasteiger partial charge in [0.1, 0.15) is 24.1 Å². The molecule has 0 bridgehead atoms. The number of hydrogen-bond donors (Lipinski definition) is 0. The van der Waals surface area contributed by atoms with Crippen LogP contribution in [0.5, 0.6) is 5.75 Å². The van der Waals surface area contributed by atoms with Crippen LogP contribution >= 0.6 is 11.3 Å². The minimum atomic E-state index is -0.0867. The maximum absolute atomic E-state index is 13.2. The quantitative estimate of drug-likeness (QED) is 0.449. The van der Waals surface area contributed by atoms with Crippen LogP contribution in [-0.2, 0) is 11.3 Å². The minimum Gasteiger partial charge on any atom is -0.485 e. The molecule has 0 fully saturated rings. The molecule has 0 spiro atoms. The second-order valence-electron chi connectivity index (χ2n) is 7.90. The third kappa shape index (κ3) is 3.82. The van der Waals surface area contributed by atoms with Gasteiger partial charge in [0.05, 0.1) is 35.3 Å². The first-order chi connectivity index (χ1) is 15.6. The van der Waals surface area contributed by atoms with Gasteiger partial charge in [0.15, 0.2) is 5.82 Å². The van der Waals surface area contributed by atoms with Crippen molar-refractivity contribution >= 4 is 34.0 Å². The summed E-state index contributed by atoms with van der Waals surface area (Å²) in [5.41, 5.74) is 5.46. The van der Waals surface area contributed by atoms with Gasteiger partial charge < -0.3 is 19.1 Å². The van der Waals surface area contributed by atoms with E-state index in [1.165, 1.54) is 11.3 Å². The summed E-state index contributed by atoms with van der Waals surface area (Å²) in [6, 6.07) is 15.9. The molecule has 1 atom stereocenters. The molecule has 1 aliphatic rings. The number of carbonyl (C=O) groups excluding carboxylic acids is 1. The monoisotopic (exact) mass is 447 g/mol. The van der Waals surface area contributed by atoms with Crippen LogP contribution in [0, 0.1) is 0 Å². The Morgan fingerprint density at radius 3 is 2.84 bits per heavy atom. The van der Waals surface area contributed by atoms with Crippen LogP contribution in [0.1, 0.15) is 6.92 Å². The van der Waals surface area contributed by atoms with Crippen molar-refractivity contribution in [3.63, 3.8) is 0 Å². The summed E-state index contributed by atoms with van der Waals surface area (Å²) in [5, 5.41) is 1.96. The topological polar surface area (TPSA) is 63.5 Å². The molecule has 0 unspecified atom stereocenters. The van der Waals surface area contributed by atoms with E-state index in [9.17, 15) is 4.79 Å². The Bertz CT molecular complexity index is 1240. The lowest BCUT2D eigenvalue weighted by atomic mass is 10.2. The summed E-state index contributed by atoms with van der Waals surface area (Å²) >= 11 is 1.52. The van der Waals surface area contributed by atoms with Crippen molar-refractivity contribution < 1.29 is 9.53 Å². The Kier molecular flexibility index (Phi) is 5.53. The second-order valence-corrected chi connectivity index (χ2v) is 8.62. The number of anilines is 1. The highest BCUT2D eigenvalue weighted by Crippen LogP contribution is 2.33. The van der Waals surface area contributed by atoms with Crippen molar-refractivity contribution in [2.45, 2.75) is 19.6 Å². The zero-order chi connectivity index (χ0) is 22.1. The number of para-hydroxylation sites is 4. The fraction of sp³-hybridized carbons (Fsp3) is 0.292. The number of likely N-dealkylation sites (N-methyl/N-ethyl adjacent to an activating group) is 2. The van der Waals surface area contributed by atoms with E-state index in [1.807, 2.05) is 59.5 Å². The van der Waals surface area contributed by atoms with Crippen LogP contribution in [0.15, 0.2) is 59.4 Å². The van der Waals surface area contributed by atoms with Crippen molar-refractivity contribution in [1.29, 1.82) is 0 Å². The van der Waals surface area contributed by atoms with Crippen LogP contribution in [-0.4, -0.2) is 58.1 Å². The van der Waals surface area contributed by atoms with E-state index in [0.29, 0.717) is 12.4 Å². The average Bonchev–Trinajstić information content (AvgIpc) is 3.47. The molecule has 0 N–H and O–H groups in total. The van der Waals surface area contributed by atoms with Gasteiger partial charge in [-0.15, -0.1) is 11.3 Å². The fourth-order valence-electron chi connectivity index (χ4n) is 4.19. The van der Waals surface area contributed by atoms with Crippen LogP contribution in [0.3, 0.4) is 0 Å². The molecular formula is C24H25N5O2S. The Hall–Kier alpha value is -3.39. The van der Waals surface area contributed by atoms with Crippen molar-refractivity contribution in [1.82, 2.24) is 19.4 Å². The molecule has 4 aromatic rings.